The minimum atomic E-state index is -0.0625. The molecule has 0 radical (unpaired) electrons. The Kier molecular flexibility index (Phi) is 27.2. The lowest BCUT2D eigenvalue weighted by Gasteiger charge is -2.18. The molecule has 0 aromatic carbocycles. The quantitative estimate of drug-likeness (QED) is 0.0896. The van der Waals surface area contributed by atoms with Gasteiger partial charge < -0.3 is 40.4 Å². The van der Waals surface area contributed by atoms with Gasteiger partial charge in [-0.15, -0.1) is 0 Å². The van der Waals surface area contributed by atoms with Crippen molar-refractivity contribution in [3.8, 4) is 34.4 Å². The molecular weight excluding hydrogens is 1350 g/mol. The van der Waals surface area contributed by atoms with Gasteiger partial charge in [0.25, 0.3) is 0 Å². The second kappa shape index (κ2) is 34.2. The number of halogens is 3. The lowest BCUT2D eigenvalue weighted by atomic mass is 10.2. The number of carbonyl (C=O) groups excluding carboxylic acids is 2. The van der Waals surface area contributed by atoms with Crippen molar-refractivity contribution in [2.75, 3.05) is 72.0 Å². The van der Waals surface area contributed by atoms with Crippen LogP contribution in [0.3, 0.4) is 0 Å². The highest BCUT2D eigenvalue weighted by Gasteiger charge is 2.47. The highest BCUT2D eigenvalue weighted by atomic mass is 79.9. The van der Waals surface area contributed by atoms with Crippen molar-refractivity contribution >= 4 is 88.4 Å². The van der Waals surface area contributed by atoms with Crippen molar-refractivity contribution in [3.05, 3.63) is 171 Å². The summed E-state index contributed by atoms with van der Waals surface area (Å²) in [4.78, 5) is 71.1. The number of fused-ring (bicyclic) bond motifs is 3. The van der Waals surface area contributed by atoms with E-state index in [-0.39, 0.29) is 46.9 Å². The third-order valence-electron chi connectivity index (χ3n) is 15.8. The fourth-order valence-corrected chi connectivity index (χ4v) is 12.0. The molecule has 6 atom stereocenters. The maximum atomic E-state index is 10.0. The molecule has 6 aliphatic rings. The van der Waals surface area contributed by atoms with Gasteiger partial charge in [0.2, 0.25) is 0 Å². The zero-order valence-electron chi connectivity index (χ0n) is 51.2. The van der Waals surface area contributed by atoms with Crippen LogP contribution in [0, 0.1) is 63.2 Å². The average molecular weight is 1440 g/mol. The molecule has 20 nitrogen and oxygen atoms in total. The molecule has 3 saturated carbocycles. The number of pyridine rings is 4. The zero-order chi connectivity index (χ0) is 63.3. The predicted octanol–water partition coefficient (Wildman–Crippen LogP) is 13.8. The highest BCUT2D eigenvalue weighted by Crippen LogP contribution is 2.47. The number of carbonyl (C=O) groups is 2. The van der Waals surface area contributed by atoms with E-state index in [0.29, 0.717) is 11.6 Å². The summed E-state index contributed by atoms with van der Waals surface area (Å²) >= 11 is 9.83. The van der Waals surface area contributed by atoms with Crippen molar-refractivity contribution in [2.24, 2.45) is 35.5 Å². The summed E-state index contributed by atoms with van der Waals surface area (Å²) in [6, 6.07) is 31.3. The summed E-state index contributed by atoms with van der Waals surface area (Å²) in [7, 11) is 0. The molecule has 9 aromatic heterocycles. The highest BCUT2D eigenvalue weighted by molar-refractivity contribution is 9.11. The van der Waals surface area contributed by atoms with E-state index in [9.17, 15) is 9.59 Å². The van der Waals surface area contributed by atoms with E-state index in [1.54, 1.807) is 31.5 Å². The average Bonchev–Trinajstić information content (AvgIpc) is 1.63. The molecule has 0 bridgehead atoms. The molecule has 3 aliphatic heterocycles. The largest absolute Gasteiger partial charge is 0.397 e. The Morgan fingerprint density at radius 1 is 0.424 bits per heavy atom. The number of aryl methyl sites for hydroxylation is 4. The van der Waals surface area contributed by atoms with Crippen LogP contribution < -0.4 is 26.2 Å². The number of hydrogen-bond donors (Lipinski definition) is 3. The van der Waals surface area contributed by atoms with Gasteiger partial charge in [-0.05, 0) is 224 Å². The summed E-state index contributed by atoms with van der Waals surface area (Å²) in [6.07, 6.45) is 15.3. The number of aliphatic hydroxyl groups is 1. The van der Waals surface area contributed by atoms with Crippen LogP contribution in [0.1, 0.15) is 91.5 Å². The maximum absolute atomic E-state index is 10.0. The molecule has 15 rings (SSSR count). The van der Waals surface area contributed by atoms with Crippen LogP contribution >= 0.6 is 47.8 Å². The number of nitrogens with two attached hydrogens (primary N) is 2. The molecule has 5 N–H and O–H groups in total. The van der Waals surface area contributed by atoms with Crippen LogP contribution in [0.2, 0.25) is 0 Å². The summed E-state index contributed by atoms with van der Waals surface area (Å²) in [5.74, 6) is 11.3. The van der Waals surface area contributed by atoms with Gasteiger partial charge in [0, 0.05) is 68.7 Å². The summed E-state index contributed by atoms with van der Waals surface area (Å²) in [6.45, 7) is 20.0. The Morgan fingerprint density at radius 2 is 0.761 bits per heavy atom. The number of ketones is 2. The second-order valence-electron chi connectivity index (χ2n) is 23.0. The number of nitrogen functional groups attached to an aromatic ring is 2. The Labute approximate surface area is 567 Å². The predicted molar refractivity (Wildman–Crippen MR) is 381 cm³/mol. The van der Waals surface area contributed by atoms with Crippen molar-refractivity contribution in [2.45, 2.75) is 96.4 Å². The Morgan fingerprint density at radius 3 is 1.08 bits per heavy atom. The van der Waals surface area contributed by atoms with E-state index in [1.165, 1.54) is 69.0 Å². The summed E-state index contributed by atoms with van der Waals surface area (Å²) in [5.41, 5.74) is 19.0. The van der Waals surface area contributed by atoms with Gasteiger partial charge in [-0.3, -0.25) is 9.59 Å². The monoisotopic (exact) mass is 1440 g/mol. The first kappa shape index (κ1) is 73.2. The number of aromatic nitrogens is 12. The zero-order valence-corrected chi connectivity index (χ0v) is 56.0. The lowest BCUT2D eigenvalue weighted by Crippen LogP contribution is -2.22. The van der Waals surface area contributed by atoms with Crippen LogP contribution in [-0.4, -0.2) is 122 Å². The smallest absolute Gasteiger partial charge is 0.147 e. The molecule has 6 fully saturated rings. The molecule has 3 aliphatic carbocycles. The lowest BCUT2D eigenvalue weighted by molar-refractivity contribution is -0.124. The standard InChI is InChI=1S/C20H21N5.C14H15N5.C11H11BrN2.C9H10BrN3.C5H5BrN2.C5H8O2.C2H6O.3CH4/c1-13-6-7-14(2)25(13)19-5-3-4-17(23-19)18-9-22-20(10-21-18)24-11-15-8-16(15)12-24;15-13-3-1-2-11(18-13)12-5-17-14(6-16-12)19-7-9-4-10(9)8-19;1-8-6-7-9(2)14(8)11-5-3-4-10(12)13-11;10-8-2-12-9(3-11-8)13-4-6-1-7(6)5-13;6-4-2-1-3-5(7)8-4;1-4(6)3-5(2)7;1-2-3;;;/h3-7,9-10,15-16H,8,11-12H2,1-2H3;1-3,5-6,9-10H,4,7-8H2,(H2,15,18);3-7H,1-2H3;2-3,6-7H,1,4-5H2;1-3H,(H2,7,8);3H2,1-2H3;3H,2H2,1H3;3*1H4. The van der Waals surface area contributed by atoms with Gasteiger partial charge in [0.05, 0.1) is 55.0 Å². The third-order valence-corrected chi connectivity index (χ3v) is 17.0. The number of nitrogens with zero attached hydrogens (tertiary/aromatic N) is 15. The Hall–Kier alpha value is -7.86. The van der Waals surface area contributed by atoms with Crippen LogP contribution in [0.15, 0.2) is 148 Å². The topological polar surface area (TPSA) is 255 Å². The number of hydrogen-bond acceptors (Lipinski definition) is 18. The molecule has 92 heavy (non-hydrogen) atoms. The number of aliphatic hydroxyl groups excluding tert-OH is 1. The second-order valence-corrected chi connectivity index (χ2v) is 25.5. The van der Waals surface area contributed by atoms with E-state index in [0.717, 1.165) is 127 Å². The van der Waals surface area contributed by atoms with E-state index < -0.39 is 0 Å². The molecule has 3 saturated heterocycles. The van der Waals surface area contributed by atoms with E-state index in [4.69, 9.17) is 21.6 Å². The van der Waals surface area contributed by atoms with Gasteiger partial charge in [-0.1, -0.05) is 46.5 Å². The molecule has 23 heteroatoms. The van der Waals surface area contributed by atoms with Gasteiger partial charge in [-0.2, -0.15) is 0 Å². The van der Waals surface area contributed by atoms with Gasteiger partial charge >= 0.3 is 0 Å². The van der Waals surface area contributed by atoms with Crippen molar-refractivity contribution in [1.82, 2.24) is 59.0 Å². The molecular formula is C69H88Br3N17O3. The number of rotatable bonds is 9. The number of Topliss-reactive ketones (excluding diaryl/α,β-unsaturated/α-hetero) is 2. The first-order valence-electron chi connectivity index (χ1n) is 29.8. The molecule has 6 unspecified atom stereocenters. The molecule has 12 heterocycles. The van der Waals surface area contributed by atoms with Crippen molar-refractivity contribution in [3.63, 3.8) is 0 Å². The van der Waals surface area contributed by atoms with E-state index >= 15 is 0 Å². The fourth-order valence-electron chi connectivity index (χ4n) is 11.1. The van der Waals surface area contributed by atoms with Crippen LogP contribution in [0.5, 0.6) is 0 Å². The molecule has 9 aromatic rings. The SMILES string of the molecule is Brc1cnc(N2CC3CC3C2)cn1.C.C.C.CC(=O)CC(C)=O.CCO.Cc1ccc(C)n1-c1cccc(-c2cnc(N3CC4CC4C3)cn2)n1.Cc1ccc(C)n1-c1cccc(Br)n1.Nc1cccc(-c2cnc(N3CC4CC4C3)cn2)n1.Nc1cccc(Br)n1. The van der Waals surface area contributed by atoms with Gasteiger partial charge in [-0.25, -0.2) is 49.8 Å². The van der Waals surface area contributed by atoms with Crippen molar-refractivity contribution in [1.29, 1.82) is 0 Å². The Balaban J connectivity index is 0.000000181. The van der Waals surface area contributed by atoms with Crippen molar-refractivity contribution < 1.29 is 14.7 Å². The van der Waals surface area contributed by atoms with Crippen LogP contribution in [-0.2, 0) is 9.59 Å². The maximum Gasteiger partial charge on any atom is 0.147 e. The molecule has 0 amide bonds. The van der Waals surface area contributed by atoms with Crippen LogP contribution in [0.25, 0.3) is 34.4 Å². The van der Waals surface area contributed by atoms with Gasteiger partial charge in [0.1, 0.15) is 77.5 Å². The summed E-state index contributed by atoms with van der Waals surface area (Å²) in [5, 5.41) is 7.57. The van der Waals surface area contributed by atoms with Gasteiger partial charge in [0.15, 0.2) is 0 Å². The summed E-state index contributed by atoms with van der Waals surface area (Å²) < 4.78 is 6.73. The van der Waals surface area contributed by atoms with E-state index in [1.807, 2.05) is 85.5 Å². The Bertz CT molecular complexity index is 3710. The minimum absolute atomic E-state index is 0. The fraction of sp³-hybridized carbons (Fsp3) is 0.391. The van der Waals surface area contributed by atoms with E-state index in [2.05, 4.69) is 168 Å². The minimum Gasteiger partial charge on any atom is -0.397 e. The van der Waals surface area contributed by atoms with Crippen LogP contribution in [0.4, 0.5) is 29.1 Å². The number of anilines is 5. The molecule has 488 valence electrons. The normalized spacial score (nSPS) is 18.4. The third kappa shape index (κ3) is 20.6. The first-order valence-corrected chi connectivity index (χ1v) is 32.2. The number of piperidine rings is 3. The molecule has 0 spiro atoms. The first-order chi connectivity index (χ1) is 42.8.